The highest BCUT2D eigenvalue weighted by molar-refractivity contribution is 6.04. The predicted molar refractivity (Wildman–Crippen MR) is 68.5 cm³/mol. The van der Waals surface area contributed by atoms with Crippen molar-refractivity contribution in [3.05, 3.63) is 29.3 Å². The minimum absolute atomic E-state index is 0.0698. The Labute approximate surface area is 118 Å². The van der Waals surface area contributed by atoms with E-state index in [1.807, 2.05) is 0 Å². The largest absolute Gasteiger partial charge is 0.481 e. The summed E-state index contributed by atoms with van der Waals surface area (Å²) in [5.41, 5.74) is -0.676. The van der Waals surface area contributed by atoms with Gasteiger partial charge in [0, 0.05) is 18.7 Å². The van der Waals surface area contributed by atoms with Crippen LogP contribution in [0, 0.1) is 5.92 Å². The summed E-state index contributed by atoms with van der Waals surface area (Å²) in [6.45, 7) is -0.0698. The van der Waals surface area contributed by atoms with Crippen LogP contribution in [0.5, 0.6) is 0 Å². The van der Waals surface area contributed by atoms with Crippen LogP contribution >= 0.6 is 0 Å². The lowest BCUT2D eigenvalue weighted by atomic mass is 10.1. The lowest BCUT2D eigenvalue weighted by Gasteiger charge is -2.17. The highest BCUT2D eigenvalue weighted by Gasteiger charge is 2.35. The van der Waals surface area contributed by atoms with Crippen molar-refractivity contribution in [3.8, 4) is 0 Å². The maximum Gasteiger partial charge on any atom is 0.336 e. The van der Waals surface area contributed by atoms with E-state index in [1.165, 1.54) is 6.07 Å². The van der Waals surface area contributed by atoms with Crippen molar-refractivity contribution in [1.29, 1.82) is 0 Å². The van der Waals surface area contributed by atoms with E-state index < -0.39 is 40.9 Å². The van der Waals surface area contributed by atoms with Crippen molar-refractivity contribution in [2.45, 2.75) is 6.42 Å². The van der Waals surface area contributed by atoms with Crippen molar-refractivity contribution >= 4 is 29.5 Å². The lowest BCUT2D eigenvalue weighted by Crippen LogP contribution is -2.26. The lowest BCUT2D eigenvalue weighted by molar-refractivity contribution is -0.141. The van der Waals surface area contributed by atoms with Gasteiger partial charge >= 0.3 is 17.9 Å². The number of amides is 1. The fraction of sp³-hybridized carbons (Fsp3) is 0.231. The van der Waals surface area contributed by atoms with Crippen LogP contribution in [0.4, 0.5) is 5.69 Å². The van der Waals surface area contributed by atoms with Gasteiger partial charge in [-0.3, -0.25) is 9.59 Å². The molecule has 1 saturated heterocycles. The summed E-state index contributed by atoms with van der Waals surface area (Å²) in [6, 6.07) is 3.44. The predicted octanol–water partition coefficient (Wildman–Crippen LogP) is 0.520. The summed E-state index contributed by atoms with van der Waals surface area (Å²) in [7, 11) is 0. The molecule has 0 aromatic heterocycles. The van der Waals surface area contributed by atoms with Crippen LogP contribution in [0.25, 0.3) is 0 Å². The minimum atomic E-state index is -1.43. The Hall–Kier alpha value is -2.90. The standard InChI is InChI=1S/C13H11NO7/c15-10-3-6(11(16)17)5-14(10)7-1-2-8(12(18)19)9(4-7)13(20)21/h1-2,4,6H,3,5H2,(H,16,17)(H,18,19)(H,20,21). The number of carbonyl (C=O) groups excluding carboxylic acids is 1. The quantitative estimate of drug-likeness (QED) is 0.737. The number of hydrogen-bond acceptors (Lipinski definition) is 4. The Balaban J connectivity index is 2.40. The summed E-state index contributed by atoms with van der Waals surface area (Å²) < 4.78 is 0. The van der Waals surface area contributed by atoms with Crippen molar-refractivity contribution in [3.63, 3.8) is 0 Å². The highest BCUT2D eigenvalue weighted by Crippen LogP contribution is 2.27. The molecule has 21 heavy (non-hydrogen) atoms. The van der Waals surface area contributed by atoms with Gasteiger partial charge in [-0.1, -0.05) is 0 Å². The van der Waals surface area contributed by atoms with Gasteiger partial charge in [0.15, 0.2) is 0 Å². The first kappa shape index (κ1) is 14.5. The van der Waals surface area contributed by atoms with E-state index in [9.17, 15) is 19.2 Å². The van der Waals surface area contributed by atoms with Crippen LogP contribution in [0.3, 0.4) is 0 Å². The molecule has 1 amide bonds. The summed E-state index contributed by atoms with van der Waals surface area (Å²) >= 11 is 0. The first-order valence-electron chi connectivity index (χ1n) is 5.95. The number of rotatable bonds is 4. The molecule has 0 aliphatic carbocycles. The molecule has 8 heteroatoms. The van der Waals surface area contributed by atoms with Crippen molar-refractivity contribution in [2.75, 3.05) is 11.4 Å². The summed E-state index contributed by atoms with van der Waals surface area (Å²) in [4.78, 5) is 45.9. The fourth-order valence-corrected chi connectivity index (χ4v) is 2.19. The number of anilines is 1. The molecule has 8 nitrogen and oxygen atoms in total. The smallest absolute Gasteiger partial charge is 0.336 e. The zero-order valence-corrected chi connectivity index (χ0v) is 10.6. The number of carboxylic acids is 3. The van der Waals surface area contributed by atoms with Gasteiger partial charge < -0.3 is 20.2 Å². The maximum atomic E-state index is 11.8. The molecule has 0 spiro atoms. The number of aromatic carboxylic acids is 2. The Bertz CT molecular complexity index is 652. The fourth-order valence-electron chi connectivity index (χ4n) is 2.19. The summed E-state index contributed by atoms with van der Waals surface area (Å²) in [6.07, 6.45) is -0.168. The van der Waals surface area contributed by atoms with Crippen LogP contribution in [0.1, 0.15) is 27.1 Å². The molecule has 1 aliphatic rings. The summed E-state index contributed by atoms with van der Waals surface area (Å²) in [5.74, 6) is -5.23. The molecular weight excluding hydrogens is 282 g/mol. The number of carboxylic acid groups (broad SMARTS) is 3. The molecule has 0 radical (unpaired) electrons. The van der Waals surface area contributed by atoms with E-state index in [2.05, 4.69) is 0 Å². The Kier molecular flexibility index (Phi) is 3.62. The molecule has 3 N–H and O–H groups in total. The average molecular weight is 293 g/mol. The van der Waals surface area contributed by atoms with E-state index in [0.29, 0.717) is 0 Å². The second kappa shape index (κ2) is 5.23. The van der Waals surface area contributed by atoms with Gasteiger partial charge in [0.1, 0.15) is 0 Å². The molecule has 1 aromatic rings. The second-order valence-corrected chi connectivity index (χ2v) is 4.58. The highest BCUT2D eigenvalue weighted by atomic mass is 16.4. The molecule has 1 fully saturated rings. The molecule has 1 heterocycles. The monoisotopic (exact) mass is 293 g/mol. The van der Waals surface area contributed by atoms with Crippen LogP contribution in [0.15, 0.2) is 18.2 Å². The summed E-state index contributed by atoms with van der Waals surface area (Å²) in [5, 5.41) is 26.8. The topological polar surface area (TPSA) is 132 Å². The third kappa shape index (κ3) is 2.69. The van der Waals surface area contributed by atoms with Crippen LogP contribution in [-0.2, 0) is 9.59 Å². The molecule has 0 bridgehead atoms. The van der Waals surface area contributed by atoms with E-state index >= 15 is 0 Å². The van der Waals surface area contributed by atoms with Gasteiger partial charge in [0.25, 0.3) is 0 Å². The average Bonchev–Trinajstić information content (AvgIpc) is 2.80. The van der Waals surface area contributed by atoms with E-state index in [1.54, 1.807) is 0 Å². The first-order valence-corrected chi connectivity index (χ1v) is 5.95. The molecule has 1 atom stereocenters. The zero-order valence-electron chi connectivity index (χ0n) is 10.6. The minimum Gasteiger partial charge on any atom is -0.481 e. The van der Waals surface area contributed by atoms with Gasteiger partial charge in [-0.05, 0) is 18.2 Å². The normalized spacial score (nSPS) is 17.8. The van der Waals surface area contributed by atoms with E-state index in [0.717, 1.165) is 17.0 Å². The Morgan fingerprint density at radius 2 is 1.67 bits per heavy atom. The number of carbonyl (C=O) groups is 4. The van der Waals surface area contributed by atoms with Gasteiger partial charge in [0.05, 0.1) is 17.0 Å². The molecular formula is C13H11NO7. The third-order valence-electron chi connectivity index (χ3n) is 3.25. The first-order chi connectivity index (χ1) is 9.81. The van der Waals surface area contributed by atoms with Crippen molar-refractivity contribution in [2.24, 2.45) is 5.92 Å². The molecule has 1 aliphatic heterocycles. The number of aliphatic carboxylic acids is 1. The Morgan fingerprint density at radius 3 is 2.14 bits per heavy atom. The molecule has 110 valence electrons. The second-order valence-electron chi connectivity index (χ2n) is 4.58. The third-order valence-corrected chi connectivity index (χ3v) is 3.25. The van der Waals surface area contributed by atoms with Crippen molar-refractivity contribution < 1.29 is 34.5 Å². The van der Waals surface area contributed by atoms with Crippen LogP contribution in [0.2, 0.25) is 0 Å². The van der Waals surface area contributed by atoms with Crippen molar-refractivity contribution in [1.82, 2.24) is 0 Å². The van der Waals surface area contributed by atoms with Gasteiger partial charge in [-0.15, -0.1) is 0 Å². The molecule has 1 unspecified atom stereocenters. The van der Waals surface area contributed by atoms with E-state index in [-0.39, 0.29) is 18.7 Å². The molecule has 2 rings (SSSR count). The SMILES string of the molecule is O=C(O)c1ccc(N2CC(C(=O)O)CC2=O)cc1C(=O)O. The number of benzene rings is 1. The number of hydrogen-bond donors (Lipinski definition) is 3. The van der Waals surface area contributed by atoms with Crippen LogP contribution in [-0.4, -0.2) is 45.7 Å². The Morgan fingerprint density at radius 1 is 1.05 bits per heavy atom. The van der Waals surface area contributed by atoms with Gasteiger partial charge in [0.2, 0.25) is 5.91 Å². The zero-order chi connectivity index (χ0) is 15.7. The van der Waals surface area contributed by atoms with Gasteiger partial charge in [-0.2, -0.15) is 0 Å². The molecule has 1 aromatic carbocycles. The molecule has 0 saturated carbocycles. The maximum absolute atomic E-state index is 11.8. The van der Waals surface area contributed by atoms with Crippen LogP contribution < -0.4 is 4.90 Å². The number of nitrogens with zero attached hydrogens (tertiary/aromatic N) is 1. The van der Waals surface area contributed by atoms with Gasteiger partial charge in [-0.25, -0.2) is 9.59 Å². The van der Waals surface area contributed by atoms with E-state index in [4.69, 9.17) is 15.3 Å².